The smallest absolute Gasteiger partial charge is 0.323 e. The van der Waals surface area contributed by atoms with Crippen molar-refractivity contribution in [3.63, 3.8) is 0 Å². The lowest BCUT2D eigenvalue weighted by Gasteiger charge is -2.09. The zero-order chi connectivity index (χ0) is 6.08. The van der Waals surface area contributed by atoms with Crippen LogP contribution in [-0.4, -0.2) is 16.6 Å². The number of carbonyl (C=O) groups is 1. The standard InChI is InChI=1S/C4H9NO2/c1-4(2,5)3(6)7/h5H2,1-2H3,(H,6,7)/i1-1. The molecule has 0 radical (unpaired) electrons. The van der Waals surface area contributed by atoms with E-state index < -0.39 is 11.5 Å². The Morgan fingerprint density at radius 3 is 1.86 bits per heavy atom. The van der Waals surface area contributed by atoms with Gasteiger partial charge in [-0.05, 0) is 13.8 Å². The maximum atomic E-state index is 9.90. The largest absolute Gasteiger partial charge is 0.480 e. The van der Waals surface area contributed by atoms with Gasteiger partial charge in [-0.15, -0.1) is 0 Å². The Labute approximate surface area is 42.1 Å². The molecule has 0 aliphatic rings. The minimum absolute atomic E-state index is 0.979. The molecule has 42 valence electrons. The van der Waals surface area contributed by atoms with Gasteiger partial charge in [0, 0.05) is 0 Å². The third-order valence-electron chi connectivity index (χ3n) is 0.551. The van der Waals surface area contributed by atoms with Gasteiger partial charge in [-0.1, -0.05) is 0 Å². The van der Waals surface area contributed by atoms with E-state index in [1.807, 2.05) is 0 Å². The van der Waals surface area contributed by atoms with Crippen LogP contribution in [0.2, 0.25) is 0 Å². The van der Waals surface area contributed by atoms with Gasteiger partial charge >= 0.3 is 5.97 Å². The second kappa shape index (κ2) is 1.50. The molecule has 0 aromatic heterocycles. The van der Waals surface area contributed by atoms with Gasteiger partial charge in [-0.2, -0.15) is 0 Å². The Morgan fingerprint density at radius 2 is 1.86 bits per heavy atom. The molecule has 0 aliphatic carbocycles. The quantitative estimate of drug-likeness (QED) is 0.482. The Morgan fingerprint density at radius 1 is 1.71 bits per heavy atom. The normalized spacial score (nSPS) is 18.1. The van der Waals surface area contributed by atoms with Crippen molar-refractivity contribution in [3.05, 3.63) is 0 Å². The minimum Gasteiger partial charge on any atom is -0.480 e. The zero-order valence-electron chi connectivity index (χ0n) is 4.43. The molecule has 0 aliphatic heterocycles. The van der Waals surface area contributed by atoms with Gasteiger partial charge in [0.1, 0.15) is 5.54 Å². The number of hydrogen-bond acceptors (Lipinski definition) is 2. The van der Waals surface area contributed by atoms with E-state index in [4.69, 9.17) is 10.8 Å². The monoisotopic (exact) mass is 102 g/mol. The van der Waals surface area contributed by atoms with E-state index in [2.05, 4.69) is 0 Å². The summed E-state index contributed by atoms with van der Waals surface area (Å²) in [5, 5.41) is 8.12. The number of carboxylic acid groups (broad SMARTS) is 1. The molecule has 0 aromatic carbocycles. The lowest BCUT2D eigenvalue weighted by Crippen LogP contribution is -2.41. The van der Waals surface area contributed by atoms with Crippen molar-refractivity contribution in [3.8, 4) is 0 Å². The van der Waals surface area contributed by atoms with Crippen molar-refractivity contribution in [1.29, 1.82) is 0 Å². The summed E-state index contributed by atoms with van der Waals surface area (Å²) in [6, 6.07) is 0. The molecule has 3 nitrogen and oxygen atoms in total. The Balaban J connectivity index is 3.79. The van der Waals surface area contributed by atoms with E-state index in [-0.39, 0.29) is 0 Å². The first-order valence-corrected chi connectivity index (χ1v) is 1.97. The van der Waals surface area contributed by atoms with E-state index in [1.54, 1.807) is 0 Å². The molecule has 1 unspecified atom stereocenters. The first-order valence-electron chi connectivity index (χ1n) is 1.97. The molecule has 3 heteroatoms. The fraction of sp³-hybridized carbons (Fsp3) is 0.750. The molecular weight excluding hydrogens is 93.0 g/mol. The average molecular weight is 102 g/mol. The molecular formula is C4H9NO2. The maximum absolute atomic E-state index is 9.90. The van der Waals surface area contributed by atoms with Crippen molar-refractivity contribution in [1.82, 2.24) is 0 Å². The van der Waals surface area contributed by atoms with Gasteiger partial charge < -0.3 is 10.8 Å². The molecule has 0 amide bonds. The molecule has 0 fully saturated rings. The summed E-state index contributed by atoms with van der Waals surface area (Å²) in [5.74, 6) is -0.979. The van der Waals surface area contributed by atoms with Crippen LogP contribution in [-0.2, 0) is 4.79 Å². The van der Waals surface area contributed by atoms with Gasteiger partial charge in [0.2, 0.25) is 0 Å². The van der Waals surface area contributed by atoms with E-state index in [0.717, 1.165) is 0 Å². The minimum atomic E-state index is -1.08. The first kappa shape index (κ1) is 6.43. The summed E-state index contributed by atoms with van der Waals surface area (Å²) in [7, 11) is 0. The Kier molecular flexibility index (Phi) is 1.38. The molecule has 0 spiro atoms. The van der Waals surface area contributed by atoms with Crippen molar-refractivity contribution in [2.45, 2.75) is 19.4 Å². The summed E-state index contributed by atoms with van der Waals surface area (Å²) < 4.78 is 0. The highest BCUT2D eigenvalue weighted by molar-refractivity contribution is 5.77. The van der Waals surface area contributed by atoms with Gasteiger partial charge in [0.15, 0.2) is 0 Å². The van der Waals surface area contributed by atoms with Gasteiger partial charge in [-0.3, -0.25) is 4.79 Å². The molecule has 0 aromatic rings. The van der Waals surface area contributed by atoms with E-state index in [1.165, 1.54) is 13.8 Å². The molecule has 0 saturated carbocycles. The number of nitrogens with two attached hydrogens (primary N) is 1. The fourth-order valence-corrected chi connectivity index (χ4v) is 0. The molecule has 1 atom stereocenters. The molecule has 0 saturated heterocycles. The second-order valence-corrected chi connectivity index (χ2v) is 2.03. The summed E-state index contributed by atoms with van der Waals surface area (Å²) >= 11 is 0. The molecule has 0 bridgehead atoms. The predicted octanol–water partition coefficient (Wildman–Crippen LogP) is -0.192. The topological polar surface area (TPSA) is 63.3 Å². The van der Waals surface area contributed by atoms with E-state index in [0.29, 0.717) is 0 Å². The number of hydrogen-bond donors (Lipinski definition) is 2. The van der Waals surface area contributed by atoms with Crippen LogP contribution in [0.3, 0.4) is 0 Å². The van der Waals surface area contributed by atoms with Crippen LogP contribution in [0.15, 0.2) is 0 Å². The van der Waals surface area contributed by atoms with Crippen LogP contribution >= 0.6 is 0 Å². The molecule has 7 heavy (non-hydrogen) atoms. The second-order valence-electron chi connectivity index (χ2n) is 2.03. The van der Waals surface area contributed by atoms with E-state index >= 15 is 0 Å². The highest BCUT2D eigenvalue weighted by Crippen LogP contribution is 1.93. The predicted molar refractivity (Wildman–Crippen MR) is 25.9 cm³/mol. The summed E-state index contributed by atoms with van der Waals surface area (Å²) in [6.07, 6.45) is 0. The maximum Gasteiger partial charge on any atom is 0.323 e. The number of rotatable bonds is 1. The lowest BCUT2D eigenvalue weighted by atomic mass is 9.88. The first-order chi connectivity index (χ1) is 2.94. The molecule has 0 heterocycles. The highest BCUT2D eigenvalue weighted by atomic mass is 16.4. The third kappa shape index (κ3) is 2.17. The highest BCUT2D eigenvalue weighted by Gasteiger charge is 2.19. The fourth-order valence-electron chi connectivity index (χ4n) is 0. The van der Waals surface area contributed by atoms with Crippen molar-refractivity contribution >= 4 is 5.97 Å². The molecule has 0 rings (SSSR count). The zero-order valence-corrected chi connectivity index (χ0v) is 4.43. The summed E-state index contributed by atoms with van der Waals surface area (Å²) in [5.41, 5.74) is 4.00. The summed E-state index contributed by atoms with van der Waals surface area (Å²) in [6.45, 7) is 2.88. The van der Waals surface area contributed by atoms with Crippen LogP contribution < -0.4 is 5.73 Å². The lowest BCUT2D eigenvalue weighted by molar-refractivity contribution is -0.141. The Bertz CT molecular complexity index is 82.2. The van der Waals surface area contributed by atoms with Crippen LogP contribution in [0.1, 0.15) is 13.8 Å². The third-order valence-corrected chi connectivity index (χ3v) is 0.551. The van der Waals surface area contributed by atoms with E-state index in [9.17, 15) is 4.79 Å². The number of aliphatic carboxylic acids is 1. The van der Waals surface area contributed by atoms with Gasteiger partial charge in [-0.25, -0.2) is 0 Å². The van der Waals surface area contributed by atoms with Crippen molar-refractivity contribution < 1.29 is 9.90 Å². The number of carboxylic acids is 1. The molecule has 3 N–H and O–H groups in total. The Hall–Kier alpha value is -0.570. The van der Waals surface area contributed by atoms with Crippen LogP contribution in [0.4, 0.5) is 0 Å². The SMILES string of the molecule is CC([11CH3])(N)C(=O)O. The van der Waals surface area contributed by atoms with Crippen molar-refractivity contribution in [2.75, 3.05) is 0 Å². The van der Waals surface area contributed by atoms with Crippen LogP contribution in [0.25, 0.3) is 0 Å². The van der Waals surface area contributed by atoms with Gasteiger partial charge in [0.25, 0.3) is 0 Å². The van der Waals surface area contributed by atoms with Crippen molar-refractivity contribution in [2.24, 2.45) is 5.73 Å². The average Bonchev–Trinajstić information content (AvgIpc) is 1.31. The van der Waals surface area contributed by atoms with Crippen LogP contribution in [0, 0.1) is 0 Å². The van der Waals surface area contributed by atoms with Gasteiger partial charge in [0.05, 0.1) is 0 Å². The summed E-state index contributed by atoms with van der Waals surface area (Å²) in [4.78, 5) is 9.90. The van der Waals surface area contributed by atoms with Crippen LogP contribution in [0.5, 0.6) is 0 Å².